The number of aryl methyl sites for hydroxylation is 2. The van der Waals surface area contributed by atoms with Crippen LogP contribution >= 0.6 is 0 Å². The zero-order chi connectivity index (χ0) is 18.3. The van der Waals surface area contributed by atoms with E-state index in [0.29, 0.717) is 5.82 Å². The Bertz CT molecular complexity index is 895. The molecule has 4 rings (SSSR count). The molecular weight excluding hydrogens is 334 g/mol. The Morgan fingerprint density at radius 2 is 2.12 bits per heavy atom. The Balaban J connectivity index is 1.41. The monoisotopic (exact) mass is 357 g/mol. The van der Waals surface area contributed by atoms with Crippen molar-refractivity contribution >= 4 is 5.91 Å². The average Bonchev–Trinajstić information content (AvgIpc) is 2.97. The summed E-state index contributed by atoms with van der Waals surface area (Å²) in [6.45, 7) is -0.141. The van der Waals surface area contributed by atoms with Crippen molar-refractivity contribution in [3.63, 3.8) is 0 Å². The molecule has 0 aromatic carbocycles. The molecular formula is C18H23N5O3. The van der Waals surface area contributed by atoms with Crippen LogP contribution in [-0.4, -0.2) is 36.8 Å². The SMILES string of the molecule is Cn1c(CO)nnc1C1CC(NC(=O)c2cc3c([nH]c2=O)CCCC3)C1. The number of rotatable bonds is 4. The number of amides is 1. The van der Waals surface area contributed by atoms with Gasteiger partial charge in [0.15, 0.2) is 5.82 Å². The van der Waals surface area contributed by atoms with E-state index >= 15 is 0 Å². The van der Waals surface area contributed by atoms with E-state index in [-0.39, 0.29) is 35.6 Å². The summed E-state index contributed by atoms with van der Waals surface area (Å²) in [7, 11) is 1.83. The van der Waals surface area contributed by atoms with Gasteiger partial charge in [-0.05, 0) is 50.2 Å². The minimum Gasteiger partial charge on any atom is -0.388 e. The van der Waals surface area contributed by atoms with Crippen molar-refractivity contribution in [2.24, 2.45) is 7.05 Å². The Hall–Kier alpha value is -2.48. The third-order valence-corrected chi connectivity index (χ3v) is 5.56. The van der Waals surface area contributed by atoms with Crippen LogP contribution in [0.4, 0.5) is 0 Å². The number of aliphatic hydroxyl groups excluding tert-OH is 1. The molecule has 8 heteroatoms. The molecule has 2 aromatic heterocycles. The molecule has 8 nitrogen and oxygen atoms in total. The van der Waals surface area contributed by atoms with E-state index in [9.17, 15) is 14.7 Å². The Morgan fingerprint density at radius 3 is 2.85 bits per heavy atom. The molecule has 0 aliphatic heterocycles. The second-order valence-electron chi connectivity index (χ2n) is 7.25. The quantitative estimate of drug-likeness (QED) is 0.740. The van der Waals surface area contributed by atoms with Crippen LogP contribution in [0.2, 0.25) is 0 Å². The molecule has 0 bridgehead atoms. The van der Waals surface area contributed by atoms with Crippen molar-refractivity contribution in [3.8, 4) is 0 Å². The first-order valence-electron chi connectivity index (χ1n) is 9.11. The molecule has 0 unspecified atom stereocenters. The maximum absolute atomic E-state index is 12.5. The van der Waals surface area contributed by atoms with Gasteiger partial charge in [-0.25, -0.2) is 0 Å². The lowest BCUT2D eigenvalue weighted by molar-refractivity contribution is 0.0905. The van der Waals surface area contributed by atoms with E-state index in [1.54, 1.807) is 10.6 Å². The maximum atomic E-state index is 12.5. The van der Waals surface area contributed by atoms with Crippen LogP contribution in [0.1, 0.15) is 64.9 Å². The number of nitrogens with zero attached hydrogens (tertiary/aromatic N) is 3. The van der Waals surface area contributed by atoms with Crippen molar-refractivity contribution in [1.29, 1.82) is 0 Å². The first-order chi connectivity index (χ1) is 12.6. The van der Waals surface area contributed by atoms with Gasteiger partial charge in [-0.1, -0.05) is 0 Å². The van der Waals surface area contributed by atoms with E-state index in [0.717, 1.165) is 55.6 Å². The molecule has 1 amide bonds. The van der Waals surface area contributed by atoms with Gasteiger partial charge in [0.1, 0.15) is 18.0 Å². The predicted octanol–water partition coefficient (Wildman–Crippen LogP) is 0.550. The summed E-state index contributed by atoms with van der Waals surface area (Å²) in [4.78, 5) is 27.6. The van der Waals surface area contributed by atoms with Crippen molar-refractivity contribution in [2.75, 3.05) is 0 Å². The highest BCUT2D eigenvalue weighted by molar-refractivity contribution is 5.94. The molecule has 1 fully saturated rings. The molecule has 3 N–H and O–H groups in total. The number of carbonyl (C=O) groups is 1. The van der Waals surface area contributed by atoms with Crippen LogP contribution in [0.15, 0.2) is 10.9 Å². The van der Waals surface area contributed by atoms with Crippen LogP contribution in [0.5, 0.6) is 0 Å². The van der Waals surface area contributed by atoms with Gasteiger partial charge in [0, 0.05) is 24.7 Å². The van der Waals surface area contributed by atoms with Crippen LogP contribution in [0, 0.1) is 0 Å². The van der Waals surface area contributed by atoms with Crippen molar-refractivity contribution < 1.29 is 9.90 Å². The lowest BCUT2D eigenvalue weighted by atomic mass is 9.79. The van der Waals surface area contributed by atoms with Crippen molar-refractivity contribution in [2.45, 2.75) is 57.1 Å². The van der Waals surface area contributed by atoms with Gasteiger partial charge in [0.25, 0.3) is 11.5 Å². The second kappa shape index (κ2) is 6.68. The number of hydrogen-bond donors (Lipinski definition) is 3. The van der Waals surface area contributed by atoms with E-state index in [2.05, 4.69) is 20.5 Å². The van der Waals surface area contributed by atoms with Gasteiger partial charge < -0.3 is 20.0 Å². The summed E-state index contributed by atoms with van der Waals surface area (Å²) in [6.07, 6.45) is 5.48. The topological polar surface area (TPSA) is 113 Å². The van der Waals surface area contributed by atoms with Gasteiger partial charge in [0.2, 0.25) is 0 Å². The molecule has 0 radical (unpaired) electrons. The largest absolute Gasteiger partial charge is 0.388 e. The number of carbonyl (C=O) groups excluding carboxylic acids is 1. The summed E-state index contributed by atoms with van der Waals surface area (Å²) in [5, 5.41) is 20.2. The van der Waals surface area contributed by atoms with Gasteiger partial charge in [-0.3, -0.25) is 9.59 Å². The van der Waals surface area contributed by atoms with Gasteiger partial charge in [-0.15, -0.1) is 10.2 Å². The number of aromatic nitrogens is 4. The summed E-state index contributed by atoms with van der Waals surface area (Å²) in [5.74, 6) is 1.26. The highest BCUT2D eigenvalue weighted by atomic mass is 16.3. The first kappa shape index (κ1) is 17.0. The number of aromatic amines is 1. The summed E-state index contributed by atoms with van der Waals surface area (Å²) < 4.78 is 1.80. The Kier molecular flexibility index (Phi) is 4.36. The molecule has 1 saturated carbocycles. The summed E-state index contributed by atoms with van der Waals surface area (Å²) in [5.41, 5.74) is 1.96. The first-order valence-corrected chi connectivity index (χ1v) is 9.11. The summed E-state index contributed by atoms with van der Waals surface area (Å²) >= 11 is 0. The number of hydrogen-bond acceptors (Lipinski definition) is 5. The molecule has 2 aromatic rings. The van der Waals surface area contributed by atoms with Crippen molar-refractivity contribution in [3.05, 3.63) is 44.9 Å². The normalized spacial score (nSPS) is 21.8. The Morgan fingerprint density at radius 1 is 1.35 bits per heavy atom. The van der Waals surface area contributed by atoms with Crippen LogP contribution < -0.4 is 10.9 Å². The predicted molar refractivity (Wildman–Crippen MR) is 93.9 cm³/mol. The Labute approximate surface area is 150 Å². The number of pyridine rings is 1. The molecule has 0 saturated heterocycles. The summed E-state index contributed by atoms with van der Waals surface area (Å²) in [6, 6.07) is 1.78. The van der Waals surface area contributed by atoms with Crippen molar-refractivity contribution in [1.82, 2.24) is 25.1 Å². The average molecular weight is 357 g/mol. The molecule has 2 aliphatic carbocycles. The molecule has 138 valence electrons. The molecule has 0 atom stereocenters. The fraction of sp³-hybridized carbons (Fsp3) is 0.556. The highest BCUT2D eigenvalue weighted by Crippen LogP contribution is 2.36. The van der Waals surface area contributed by atoms with Crippen LogP contribution in [0.25, 0.3) is 0 Å². The van der Waals surface area contributed by atoms with Gasteiger partial charge >= 0.3 is 0 Å². The fourth-order valence-corrected chi connectivity index (χ4v) is 3.92. The van der Waals surface area contributed by atoms with E-state index < -0.39 is 0 Å². The van der Waals surface area contributed by atoms with E-state index in [4.69, 9.17) is 0 Å². The zero-order valence-corrected chi connectivity index (χ0v) is 14.8. The van der Waals surface area contributed by atoms with E-state index in [1.165, 1.54) is 0 Å². The zero-order valence-electron chi connectivity index (χ0n) is 14.8. The smallest absolute Gasteiger partial charge is 0.261 e. The third-order valence-electron chi connectivity index (χ3n) is 5.56. The van der Waals surface area contributed by atoms with E-state index in [1.807, 2.05) is 7.05 Å². The number of H-pyrrole nitrogens is 1. The highest BCUT2D eigenvalue weighted by Gasteiger charge is 2.35. The van der Waals surface area contributed by atoms with Crippen LogP contribution in [0.3, 0.4) is 0 Å². The molecule has 0 spiro atoms. The maximum Gasteiger partial charge on any atom is 0.261 e. The van der Waals surface area contributed by atoms with Gasteiger partial charge in [-0.2, -0.15) is 0 Å². The standard InChI is InChI=1S/C18H23N5O3/c1-23-15(9-24)21-22-16(23)11-6-12(7-11)19-17(25)13-8-10-4-2-3-5-14(10)20-18(13)26/h8,11-12,24H,2-7,9H2,1H3,(H,19,25)(H,20,26). The molecule has 26 heavy (non-hydrogen) atoms. The lowest BCUT2D eigenvalue weighted by Gasteiger charge is -2.35. The second-order valence-corrected chi connectivity index (χ2v) is 7.25. The molecule has 2 aliphatic rings. The number of nitrogens with one attached hydrogen (secondary N) is 2. The number of aliphatic hydroxyl groups is 1. The fourth-order valence-electron chi connectivity index (χ4n) is 3.92. The number of fused-ring (bicyclic) bond motifs is 1. The minimum absolute atomic E-state index is 0.0252. The van der Waals surface area contributed by atoms with Crippen LogP contribution in [-0.2, 0) is 26.5 Å². The minimum atomic E-state index is -0.308. The van der Waals surface area contributed by atoms with Gasteiger partial charge in [0.05, 0.1) is 0 Å². The molecule has 2 heterocycles. The lowest BCUT2D eigenvalue weighted by Crippen LogP contribution is -2.45. The third kappa shape index (κ3) is 2.94.